The van der Waals surface area contributed by atoms with Crippen LogP contribution in [0.1, 0.15) is 25.0 Å². The largest absolute Gasteiger partial charge is 0.494 e. The molecule has 0 unspecified atom stereocenters. The van der Waals surface area contributed by atoms with Crippen LogP contribution in [-0.4, -0.2) is 27.1 Å². The molecule has 0 saturated heterocycles. The van der Waals surface area contributed by atoms with Crippen LogP contribution in [0.2, 0.25) is 5.02 Å². The molecule has 28 heavy (non-hydrogen) atoms. The molecule has 2 aromatic heterocycles. The van der Waals surface area contributed by atoms with Gasteiger partial charge in [-0.15, -0.1) is 11.3 Å². The van der Waals surface area contributed by atoms with Crippen molar-refractivity contribution >= 4 is 34.3 Å². The van der Waals surface area contributed by atoms with Gasteiger partial charge in [0.05, 0.1) is 25.1 Å². The molecule has 8 nitrogen and oxygen atoms in total. The number of hydrogen-bond donors (Lipinski definition) is 3. The van der Waals surface area contributed by atoms with E-state index < -0.39 is 5.56 Å². The molecule has 2 heterocycles. The van der Waals surface area contributed by atoms with Crippen LogP contribution in [0.15, 0.2) is 45.9 Å². The number of H-pyrrole nitrogens is 1. The number of anilines is 1. The van der Waals surface area contributed by atoms with Crippen LogP contribution in [-0.2, 0) is 6.54 Å². The van der Waals surface area contributed by atoms with Gasteiger partial charge in [-0.3, -0.25) is 15.6 Å². The summed E-state index contributed by atoms with van der Waals surface area (Å²) >= 11 is 7.32. The third-order valence-corrected chi connectivity index (χ3v) is 5.03. The van der Waals surface area contributed by atoms with Gasteiger partial charge in [-0.05, 0) is 37.6 Å². The molecule has 0 amide bonds. The predicted octanol–water partition coefficient (Wildman–Crippen LogP) is 3.05. The SMILES string of the molecule is CCOc1ccc(/C(C)=N\Nc2cn[nH]c(=O)c2Cl)cc1Cn1ccsc1=N. The number of thiazole rings is 1. The second-order valence-electron chi connectivity index (χ2n) is 5.83. The summed E-state index contributed by atoms with van der Waals surface area (Å²) in [5.74, 6) is 0.770. The molecular formula is C18H19ClN6O2S. The second kappa shape index (κ2) is 8.85. The molecule has 0 saturated carbocycles. The maximum atomic E-state index is 11.5. The first kappa shape index (κ1) is 19.8. The van der Waals surface area contributed by atoms with E-state index in [-0.39, 0.29) is 5.02 Å². The molecule has 0 atom stereocenters. The third kappa shape index (κ3) is 4.49. The van der Waals surface area contributed by atoms with E-state index in [1.807, 2.05) is 48.2 Å². The number of rotatable bonds is 7. The first-order valence-electron chi connectivity index (χ1n) is 8.47. The van der Waals surface area contributed by atoms with Gasteiger partial charge in [-0.2, -0.15) is 10.2 Å². The van der Waals surface area contributed by atoms with Crippen LogP contribution in [0, 0.1) is 5.41 Å². The van der Waals surface area contributed by atoms with Gasteiger partial charge in [0.1, 0.15) is 16.5 Å². The van der Waals surface area contributed by atoms with Crippen molar-refractivity contribution in [1.82, 2.24) is 14.8 Å². The Morgan fingerprint density at radius 2 is 2.32 bits per heavy atom. The lowest BCUT2D eigenvalue weighted by Crippen LogP contribution is -2.14. The third-order valence-electron chi connectivity index (χ3n) is 3.94. The number of aromatic nitrogens is 3. The highest BCUT2D eigenvalue weighted by atomic mass is 35.5. The molecule has 0 aliphatic rings. The Morgan fingerprint density at radius 3 is 3.04 bits per heavy atom. The standard InChI is InChI=1S/C18H19ClN6O2S/c1-3-27-15-5-4-12(8-13(15)10-25-6-7-28-18(25)20)11(2)22-23-14-9-21-24-17(26)16(14)19/h4-9,20H,3,10H2,1-2H3,(H2,23,24,26)/b20-18?,22-11-. The first-order valence-corrected chi connectivity index (χ1v) is 9.73. The number of hydrazone groups is 1. The van der Waals surface area contributed by atoms with Gasteiger partial charge >= 0.3 is 0 Å². The summed E-state index contributed by atoms with van der Waals surface area (Å²) in [5.41, 5.74) is 5.13. The predicted molar refractivity (Wildman–Crippen MR) is 111 cm³/mol. The van der Waals surface area contributed by atoms with Gasteiger partial charge in [-0.1, -0.05) is 11.6 Å². The van der Waals surface area contributed by atoms with Crippen LogP contribution in [0.4, 0.5) is 5.69 Å². The van der Waals surface area contributed by atoms with E-state index in [4.69, 9.17) is 21.7 Å². The van der Waals surface area contributed by atoms with Gasteiger partial charge in [0, 0.05) is 17.1 Å². The summed E-state index contributed by atoms with van der Waals surface area (Å²) in [7, 11) is 0. The van der Waals surface area contributed by atoms with Crippen molar-refractivity contribution in [2.24, 2.45) is 5.10 Å². The lowest BCUT2D eigenvalue weighted by Gasteiger charge is -2.13. The first-order chi connectivity index (χ1) is 13.5. The zero-order valence-electron chi connectivity index (χ0n) is 15.3. The number of benzene rings is 1. The highest BCUT2D eigenvalue weighted by Crippen LogP contribution is 2.22. The van der Waals surface area contributed by atoms with Crippen molar-refractivity contribution in [3.8, 4) is 5.75 Å². The Bertz CT molecular complexity index is 1120. The highest BCUT2D eigenvalue weighted by molar-refractivity contribution is 7.06. The van der Waals surface area contributed by atoms with Crippen molar-refractivity contribution in [2.75, 3.05) is 12.0 Å². The number of aromatic amines is 1. The molecule has 0 radical (unpaired) electrons. The number of ether oxygens (including phenoxy) is 1. The highest BCUT2D eigenvalue weighted by Gasteiger charge is 2.09. The summed E-state index contributed by atoms with van der Waals surface area (Å²) in [5, 5.41) is 20.1. The Hall–Kier alpha value is -2.91. The van der Waals surface area contributed by atoms with E-state index in [0.717, 1.165) is 16.9 Å². The van der Waals surface area contributed by atoms with Crippen LogP contribution in [0.3, 0.4) is 0 Å². The fourth-order valence-corrected chi connectivity index (χ4v) is 3.24. The molecule has 3 aromatic rings. The molecule has 0 spiro atoms. The van der Waals surface area contributed by atoms with Crippen LogP contribution in [0.5, 0.6) is 5.75 Å². The molecular weight excluding hydrogens is 400 g/mol. The zero-order chi connectivity index (χ0) is 20.1. The van der Waals surface area contributed by atoms with Crippen molar-refractivity contribution in [3.63, 3.8) is 0 Å². The Balaban J connectivity index is 1.89. The zero-order valence-corrected chi connectivity index (χ0v) is 16.9. The minimum atomic E-state index is -0.484. The fourth-order valence-electron chi connectivity index (χ4n) is 2.51. The normalized spacial score (nSPS) is 11.5. The van der Waals surface area contributed by atoms with E-state index >= 15 is 0 Å². The van der Waals surface area contributed by atoms with Crippen LogP contribution < -0.4 is 20.5 Å². The maximum absolute atomic E-state index is 11.5. The van der Waals surface area contributed by atoms with Gasteiger partial charge in [0.25, 0.3) is 5.56 Å². The summed E-state index contributed by atoms with van der Waals surface area (Å²) < 4.78 is 7.57. The topological polar surface area (TPSA) is 108 Å². The number of nitrogens with zero attached hydrogens (tertiary/aromatic N) is 3. The van der Waals surface area contributed by atoms with E-state index in [9.17, 15) is 4.79 Å². The van der Waals surface area contributed by atoms with Crippen molar-refractivity contribution in [2.45, 2.75) is 20.4 Å². The van der Waals surface area contributed by atoms with Gasteiger partial charge in [0.15, 0.2) is 4.80 Å². The second-order valence-corrected chi connectivity index (χ2v) is 7.10. The van der Waals surface area contributed by atoms with E-state index in [2.05, 4.69) is 20.7 Å². The summed E-state index contributed by atoms with van der Waals surface area (Å²) in [6.45, 7) is 4.85. The average Bonchev–Trinajstić information content (AvgIpc) is 3.09. The van der Waals surface area contributed by atoms with E-state index in [1.54, 1.807) is 0 Å². The van der Waals surface area contributed by atoms with Crippen molar-refractivity contribution < 1.29 is 4.74 Å². The summed E-state index contributed by atoms with van der Waals surface area (Å²) in [4.78, 5) is 12.0. The monoisotopic (exact) mass is 418 g/mol. The molecule has 0 aliphatic carbocycles. The summed E-state index contributed by atoms with van der Waals surface area (Å²) in [6.07, 6.45) is 3.27. The van der Waals surface area contributed by atoms with Crippen LogP contribution in [0.25, 0.3) is 0 Å². The van der Waals surface area contributed by atoms with Gasteiger partial charge in [0.2, 0.25) is 0 Å². The number of halogens is 1. The smallest absolute Gasteiger partial charge is 0.285 e. The van der Waals surface area contributed by atoms with Crippen molar-refractivity contribution in [3.05, 3.63) is 67.3 Å². The van der Waals surface area contributed by atoms with Crippen molar-refractivity contribution in [1.29, 1.82) is 5.41 Å². The Kier molecular flexibility index (Phi) is 6.27. The maximum Gasteiger partial charge on any atom is 0.285 e. The fraction of sp³-hybridized carbons (Fsp3) is 0.222. The molecule has 3 rings (SSSR count). The lowest BCUT2D eigenvalue weighted by atomic mass is 10.1. The van der Waals surface area contributed by atoms with Gasteiger partial charge < -0.3 is 9.30 Å². The van der Waals surface area contributed by atoms with E-state index in [1.165, 1.54) is 17.5 Å². The Labute approximate surface area is 170 Å². The molecule has 3 N–H and O–H groups in total. The quantitative estimate of drug-likeness (QED) is 0.404. The molecule has 10 heteroatoms. The average molecular weight is 419 g/mol. The summed E-state index contributed by atoms with van der Waals surface area (Å²) in [6, 6.07) is 5.78. The van der Waals surface area contributed by atoms with Gasteiger partial charge in [-0.25, -0.2) is 5.10 Å². The number of nitrogens with one attached hydrogen (secondary N) is 3. The molecule has 0 aliphatic heterocycles. The minimum absolute atomic E-state index is 0.00392. The lowest BCUT2D eigenvalue weighted by molar-refractivity contribution is 0.335. The van der Waals surface area contributed by atoms with Crippen LogP contribution >= 0.6 is 22.9 Å². The van der Waals surface area contributed by atoms with E-state index in [0.29, 0.717) is 29.4 Å². The molecule has 1 aromatic carbocycles. The molecule has 0 bridgehead atoms. The number of hydrogen-bond acceptors (Lipinski definition) is 7. The molecule has 0 fully saturated rings. The minimum Gasteiger partial charge on any atom is -0.494 e. The molecule has 146 valence electrons. The Morgan fingerprint density at radius 1 is 1.50 bits per heavy atom.